The minimum absolute atomic E-state index is 0.265. The summed E-state index contributed by atoms with van der Waals surface area (Å²) in [6.07, 6.45) is 3.62. The van der Waals surface area contributed by atoms with E-state index in [2.05, 4.69) is 22.1 Å². The van der Waals surface area contributed by atoms with Gasteiger partial charge in [0, 0.05) is 55.9 Å². The van der Waals surface area contributed by atoms with Gasteiger partial charge in [0.2, 0.25) is 11.8 Å². The second kappa shape index (κ2) is 10.0. The maximum atomic E-state index is 16.1. The van der Waals surface area contributed by atoms with Crippen LogP contribution in [-0.4, -0.2) is 60.1 Å². The highest BCUT2D eigenvalue weighted by molar-refractivity contribution is 6.01. The number of epoxide rings is 1. The summed E-state index contributed by atoms with van der Waals surface area (Å²) in [5, 5.41) is 2.81. The lowest BCUT2D eigenvalue weighted by Crippen LogP contribution is -2.46. The number of imide groups is 1. The first kappa shape index (κ1) is 26.2. The van der Waals surface area contributed by atoms with E-state index in [-0.39, 0.29) is 24.1 Å². The molecule has 6 rings (SSSR count). The van der Waals surface area contributed by atoms with Crippen molar-refractivity contribution in [2.45, 2.75) is 76.9 Å². The normalized spacial score (nSPS) is 30.4. The monoisotopic (exact) mass is 511 g/mol. The molecule has 0 spiro atoms. The molecule has 2 amide bonds. The molecular formula is C29H38FN3O4. The van der Waals surface area contributed by atoms with Crippen molar-refractivity contribution in [2.24, 2.45) is 5.92 Å². The summed E-state index contributed by atoms with van der Waals surface area (Å²) in [6, 6.07) is 5.45. The van der Waals surface area contributed by atoms with Crippen molar-refractivity contribution in [2.75, 3.05) is 32.8 Å². The van der Waals surface area contributed by atoms with Gasteiger partial charge in [-0.3, -0.25) is 24.8 Å². The highest BCUT2D eigenvalue weighted by Gasteiger charge is 2.70. The number of carbonyl (C=O) groups is 2. The number of pyridine rings is 1. The number of nitrogens with zero attached hydrogens (tertiary/aromatic N) is 2. The maximum absolute atomic E-state index is 16.1. The number of likely N-dealkylation sites (tertiary alicyclic amines) is 1. The predicted molar refractivity (Wildman–Crippen MR) is 139 cm³/mol. The molecule has 5 heterocycles. The number of hydrogen-bond donors (Lipinski definition) is 1. The molecule has 1 N–H and O–H groups in total. The first-order valence-electron chi connectivity index (χ1n) is 13.7. The molecule has 4 aliphatic heterocycles. The molecule has 1 aromatic heterocycles. The second-order valence-electron chi connectivity index (χ2n) is 10.9. The molecule has 0 saturated carbocycles. The van der Waals surface area contributed by atoms with Gasteiger partial charge in [0.05, 0.1) is 11.4 Å². The number of benzene rings is 1. The van der Waals surface area contributed by atoms with E-state index in [4.69, 9.17) is 9.47 Å². The standard InChI is InChI=1S/C27H32FN3O4.C2H6/c1-16-19(18-3-6-23(32)30-25(18)33)13-20-22(29-16)5-4-21(24(20)28)27-9-10-31(15-26(27,2)35-27)14-17-7-11-34-12-8-17;1-2/h4-5,13,17-18H,3,6-12,14-15H2,1-2H3,(H,30,32,33);1-2H3. The van der Waals surface area contributed by atoms with Gasteiger partial charge >= 0.3 is 0 Å². The Bertz CT molecular complexity index is 1210. The summed E-state index contributed by atoms with van der Waals surface area (Å²) in [6.45, 7) is 12.3. The van der Waals surface area contributed by atoms with Gasteiger partial charge in [-0.2, -0.15) is 0 Å². The number of piperidine rings is 2. The first-order chi connectivity index (χ1) is 17.8. The van der Waals surface area contributed by atoms with E-state index in [0.29, 0.717) is 40.1 Å². The van der Waals surface area contributed by atoms with E-state index >= 15 is 4.39 Å². The average molecular weight is 512 g/mol. The van der Waals surface area contributed by atoms with Gasteiger partial charge in [0.25, 0.3) is 0 Å². The lowest BCUT2D eigenvalue weighted by Gasteiger charge is -2.36. The van der Waals surface area contributed by atoms with Crippen molar-refractivity contribution in [3.63, 3.8) is 0 Å². The van der Waals surface area contributed by atoms with E-state index in [1.54, 1.807) is 6.07 Å². The van der Waals surface area contributed by atoms with Gasteiger partial charge in [-0.25, -0.2) is 4.39 Å². The summed E-state index contributed by atoms with van der Waals surface area (Å²) in [5.41, 5.74) is 1.47. The number of hydrogen-bond acceptors (Lipinski definition) is 6. The van der Waals surface area contributed by atoms with Crippen molar-refractivity contribution < 1.29 is 23.5 Å². The molecule has 1 aromatic carbocycles. The smallest absolute Gasteiger partial charge is 0.234 e. The van der Waals surface area contributed by atoms with E-state index in [0.717, 1.165) is 52.1 Å². The Morgan fingerprint density at radius 1 is 1.19 bits per heavy atom. The predicted octanol–water partition coefficient (Wildman–Crippen LogP) is 4.35. The Balaban J connectivity index is 0.00000137. The highest BCUT2D eigenvalue weighted by Crippen LogP contribution is 2.61. The van der Waals surface area contributed by atoms with Crippen molar-refractivity contribution in [1.29, 1.82) is 0 Å². The van der Waals surface area contributed by atoms with Gasteiger partial charge in [-0.05, 0) is 63.1 Å². The Morgan fingerprint density at radius 3 is 2.65 bits per heavy atom. The number of aromatic nitrogens is 1. The van der Waals surface area contributed by atoms with Crippen molar-refractivity contribution in [3.05, 3.63) is 40.8 Å². The van der Waals surface area contributed by atoms with Crippen LogP contribution in [0.3, 0.4) is 0 Å². The summed E-state index contributed by atoms with van der Waals surface area (Å²) in [7, 11) is 0. The molecule has 0 bridgehead atoms. The number of carbonyl (C=O) groups excluding carboxylic acids is 2. The summed E-state index contributed by atoms with van der Waals surface area (Å²) >= 11 is 0. The quantitative estimate of drug-likeness (QED) is 0.486. The molecular weight excluding hydrogens is 473 g/mol. The Labute approximate surface area is 218 Å². The van der Waals surface area contributed by atoms with E-state index in [1.807, 2.05) is 32.9 Å². The fraction of sp³-hybridized carbons (Fsp3) is 0.621. The van der Waals surface area contributed by atoms with Crippen molar-refractivity contribution >= 4 is 22.7 Å². The van der Waals surface area contributed by atoms with Crippen LogP contribution in [0.15, 0.2) is 18.2 Å². The van der Waals surface area contributed by atoms with Crippen LogP contribution in [-0.2, 0) is 24.7 Å². The third kappa shape index (κ3) is 4.57. The molecule has 4 fully saturated rings. The van der Waals surface area contributed by atoms with Gasteiger partial charge in [-0.1, -0.05) is 19.9 Å². The van der Waals surface area contributed by atoms with Gasteiger partial charge in [-0.15, -0.1) is 0 Å². The largest absolute Gasteiger partial charge is 0.381 e. The third-order valence-electron chi connectivity index (χ3n) is 8.59. The van der Waals surface area contributed by atoms with E-state index in [9.17, 15) is 9.59 Å². The number of aryl methyl sites for hydroxylation is 1. The zero-order valence-corrected chi connectivity index (χ0v) is 22.4. The number of rotatable bonds is 4. The minimum Gasteiger partial charge on any atom is -0.381 e. The summed E-state index contributed by atoms with van der Waals surface area (Å²) in [5.74, 6) is -0.767. The highest BCUT2D eigenvalue weighted by atomic mass is 19.1. The second-order valence-corrected chi connectivity index (χ2v) is 10.9. The SMILES string of the molecule is CC.Cc1nc2ccc(C34CCN(CC5CCOCC5)CC3(C)O4)c(F)c2cc1C1CCC(=O)NC1=O. The lowest BCUT2D eigenvalue weighted by atomic mass is 9.80. The molecule has 0 radical (unpaired) electrons. The van der Waals surface area contributed by atoms with Crippen molar-refractivity contribution in [3.8, 4) is 0 Å². The van der Waals surface area contributed by atoms with E-state index < -0.39 is 17.1 Å². The summed E-state index contributed by atoms with van der Waals surface area (Å²) in [4.78, 5) is 31.2. The molecule has 0 aliphatic carbocycles. The molecule has 4 saturated heterocycles. The Hall–Kier alpha value is -2.42. The molecule has 200 valence electrons. The molecule has 2 aromatic rings. The fourth-order valence-electron chi connectivity index (χ4n) is 6.56. The van der Waals surface area contributed by atoms with Crippen molar-refractivity contribution in [1.82, 2.24) is 15.2 Å². The summed E-state index contributed by atoms with van der Waals surface area (Å²) < 4.78 is 28.0. The molecule has 3 atom stereocenters. The Morgan fingerprint density at radius 2 is 1.95 bits per heavy atom. The minimum atomic E-state index is -0.628. The van der Waals surface area contributed by atoms with Gasteiger partial charge < -0.3 is 9.47 Å². The zero-order valence-electron chi connectivity index (χ0n) is 22.4. The van der Waals surface area contributed by atoms with Crippen LogP contribution in [0.2, 0.25) is 0 Å². The number of amides is 2. The number of ether oxygens (including phenoxy) is 2. The van der Waals surface area contributed by atoms with Crippen LogP contribution < -0.4 is 5.32 Å². The number of nitrogens with one attached hydrogen (secondary N) is 1. The van der Waals surface area contributed by atoms with Crippen LogP contribution in [0.5, 0.6) is 0 Å². The Kier molecular flexibility index (Phi) is 7.11. The maximum Gasteiger partial charge on any atom is 0.234 e. The van der Waals surface area contributed by atoms with Crippen LogP contribution in [0.1, 0.15) is 75.6 Å². The van der Waals surface area contributed by atoms with Crippen LogP contribution >= 0.6 is 0 Å². The number of fused-ring (bicyclic) bond motifs is 2. The molecule has 37 heavy (non-hydrogen) atoms. The molecule has 3 unspecified atom stereocenters. The lowest BCUT2D eigenvalue weighted by molar-refractivity contribution is -0.134. The van der Waals surface area contributed by atoms with E-state index in [1.165, 1.54) is 0 Å². The number of halogens is 1. The zero-order chi connectivity index (χ0) is 26.4. The van der Waals surface area contributed by atoms with Crippen LogP contribution in [0, 0.1) is 18.7 Å². The first-order valence-corrected chi connectivity index (χ1v) is 13.7. The third-order valence-corrected chi connectivity index (χ3v) is 8.59. The molecule has 4 aliphatic rings. The van der Waals surface area contributed by atoms with Crippen LogP contribution in [0.25, 0.3) is 10.9 Å². The average Bonchev–Trinajstić information content (AvgIpc) is 3.52. The fourth-order valence-corrected chi connectivity index (χ4v) is 6.56. The van der Waals surface area contributed by atoms with Gasteiger partial charge in [0.15, 0.2) is 0 Å². The topological polar surface area (TPSA) is 84.1 Å². The van der Waals surface area contributed by atoms with Crippen LogP contribution in [0.4, 0.5) is 4.39 Å². The van der Waals surface area contributed by atoms with Gasteiger partial charge in [0.1, 0.15) is 17.0 Å². The molecule has 8 heteroatoms. The molecule has 7 nitrogen and oxygen atoms in total.